The highest BCUT2D eigenvalue weighted by molar-refractivity contribution is 7.80. The molecule has 2 saturated heterocycles. The Bertz CT molecular complexity index is 602. The van der Waals surface area contributed by atoms with E-state index in [4.69, 9.17) is 27.9 Å². The van der Waals surface area contributed by atoms with Gasteiger partial charge in [-0.15, -0.1) is 12.6 Å². The van der Waals surface area contributed by atoms with Crippen molar-refractivity contribution in [1.82, 2.24) is 5.32 Å². The second-order valence-corrected chi connectivity index (χ2v) is 7.08. The number of halogens is 2. The lowest BCUT2D eigenvalue weighted by atomic mass is 9.81. The van der Waals surface area contributed by atoms with E-state index in [-0.39, 0.29) is 0 Å². The Labute approximate surface area is 146 Å². The number of hydrogen-bond donors (Lipinski definition) is 2. The van der Waals surface area contributed by atoms with Crippen LogP contribution in [0.2, 0.25) is 10.0 Å². The molecule has 3 unspecified atom stereocenters. The van der Waals surface area contributed by atoms with Gasteiger partial charge in [-0.1, -0.05) is 35.4 Å². The Morgan fingerprint density at radius 3 is 2.86 bits per heavy atom. The average Bonchev–Trinajstić information content (AvgIpc) is 2.91. The molecule has 3 aliphatic rings. The maximum absolute atomic E-state index is 5.92. The van der Waals surface area contributed by atoms with Gasteiger partial charge in [0.15, 0.2) is 0 Å². The normalized spacial score (nSPS) is 28.7. The van der Waals surface area contributed by atoms with E-state index in [1.54, 1.807) is 18.2 Å². The highest BCUT2D eigenvalue weighted by atomic mass is 35.5. The zero-order valence-corrected chi connectivity index (χ0v) is 14.5. The van der Waals surface area contributed by atoms with Gasteiger partial charge in [0.1, 0.15) is 11.9 Å². The Kier molecular flexibility index (Phi) is 5.40. The SMILES string of the molecule is C1=CCC2C(=C1)OC1CNCCC12.Sc1ccc(Cl)c(Cl)c1. The molecule has 0 radical (unpaired) electrons. The van der Waals surface area contributed by atoms with E-state index in [9.17, 15) is 0 Å². The molecule has 1 aliphatic carbocycles. The molecular weight excluding hydrogens is 337 g/mol. The maximum atomic E-state index is 5.92. The number of nitrogens with one attached hydrogen (secondary N) is 1. The second kappa shape index (κ2) is 7.31. The summed E-state index contributed by atoms with van der Waals surface area (Å²) in [7, 11) is 0. The minimum atomic E-state index is 0.449. The molecule has 5 heteroatoms. The zero-order valence-electron chi connectivity index (χ0n) is 12.1. The van der Waals surface area contributed by atoms with Crippen LogP contribution in [0.25, 0.3) is 0 Å². The number of ether oxygens (including phenoxy) is 1. The summed E-state index contributed by atoms with van der Waals surface area (Å²) in [5, 5.41) is 4.50. The van der Waals surface area contributed by atoms with Crippen LogP contribution in [0.4, 0.5) is 0 Å². The molecule has 0 amide bonds. The molecule has 1 N–H and O–H groups in total. The van der Waals surface area contributed by atoms with Gasteiger partial charge < -0.3 is 10.1 Å². The van der Waals surface area contributed by atoms with Crippen LogP contribution in [0.1, 0.15) is 12.8 Å². The van der Waals surface area contributed by atoms with Gasteiger partial charge in [-0.3, -0.25) is 0 Å². The van der Waals surface area contributed by atoms with Crippen LogP contribution in [-0.2, 0) is 4.74 Å². The summed E-state index contributed by atoms with van der Waals surface area (Å²) < 4.78 is 5.92. The number of rotatable bonds is 0. The Morgan fingerprint density at radius 2 is 2.09 bits per heavy atom. The fourth-order valence-corrected chi connectivity index (χ4v) is 3.82. The van der Waals surface area contributed by atoms with Crippen LogP contribution in [0, 0.1) is 11.8 Å². The Hall–Kier alpha value is -0.610. The molecule has 2 fully saturated rings. The van der Waals surface area contributed by atoms with Crippen LogP contribution >= 0.6 is 35.8 Å². The molecule has 1 aromatic rings. The molecule has 0 bridgehead atoms. The monoisotopic (exact) mass is 355 g/mol. The molecule has 2 nitrogen and oxygen atoms in total. The first-order valence-corrected chi connectivity index (χ1v) is 8.73. The number of piperidine rings is 1. The molecular formula is C17H19Cl2NOS. The van der Waals surface area contributed by atoms with Crippen molar-refractivity contribution < 1.29 is 4.74 Å². The van der Waals surface area contributed by atoms with E-state index in [0.29, 0.717) is 22.1 Å². The van der Waals surface area contributed by atoms with Gasteiger partial charge in [0.25, 0.3) is 0 Å². The van der Waals surface area contributed by atoms with Crippen LogP contribution in [0.5, 0.6) is 0 Å². The third-order valence-corrected chi connectivity index (χ3v) is 5.35. The van der Waals surface area contributed by atoms with Crippen LogP contribution in [0.3, 0.4) is 0 Å². The summed E-state index contributed by atoms with van der Waals surface area (Å²) >= 11 is 15.3. The van der Waals surface area contributed by atoms with E-state index < -0.39 is 0 Å². The highest BCUT2D eigenvalue weighted by Gasteiger charge is 2.42. The summed E-state index contributed by atoms with van der Waals surface area (Å²) in [6.45, 7) is 2.20. The van der Waals surface area contributed by atoms with Crippen LogP contribution in [-0.4, -0.2) is 19.2 Å². The first-order valence-electron chi connectivity index (χ1n) is 7.53. The number of benzene rings is 1. The summed E-state index contributed by atoms with van der Waals surface area (Å²) in [6.07, 6.45) is 9.45. The number of fused-ring (bicyclic) bond motifs is 3. The molecule has 0 spiro atoms. The van der Waals surface area contributed by atoms with E-state index in [1.807, 2.05) is 0 Å². The fraction of sp³-hybridized carbons (Fsp3) is 0.412. The predicted octanol–water partition coefficient (Wildman–Crippen LogP) is 4.74. The van der Waals surface area contributed by atoms with Crippen molar-refractivity contribution in [2.45, 2.75) is 23.8 Å². The molecule has 1 aromatic carbocycles. The third-order valence-electron chi connectivity index (χ3n) is 4.34. The third kappa shape index (κ3) is 3.65. The molecule has 118 valence electrons. The highest BCUT2D eigenvalue weighted by Crippen LogP contribution is 2.42. The summed E-state index contributed by atoms with van der Waals surface area (Å²) in [5.41, 5.74) is 0. The van der Waals surface area contributed by atoms with E-state index >= 15 is 0 Å². The summed E-state index contributed by atoms with van der Waals surface area (Å²) in [4.78, 5) is 0.824. The van der Waals surface area contributed by atoms with Crippen molar-refractivity contribution >= 4 is 35.8 Å². The largest absolute Gasteiger partial charge is 0.493 e. The van der Waals surface area contributed by atoms with Crippen molar-refractivity contribution in [1.29, 1.82) is 0 Å². The van der Waals surface area contributed by atoms with Gasteiger partial charge in [0.05, 0.1) is 10.0 Å². The number of thiol groups is 1. The van der Waals surface area contributed by atoms with Crippen molar-refractivity contribution in [2.24, 2.45) is 11.8 Å². The lowest BCUT2D eigenvalue weighted by Crippen LogP contribution is -2.39. The second-order valence-electron chi connectivity index (χ2n) is 5.75. The summed E-state index contributed by atoms with van der Waals surface area (Å²) in [5.74, 6) is 2.70. The van der Waals surface area contributed by atoms with E-state index in [2.05, 4.69) is 36.2 Å². The van der Waals surface area contributed by atoms with Crippen LogP contribution < -0.4 is 5.32 Å². The quantitative estimate of drug-likeness (QED) is 0.656. The Morgan fingerprint density at radius 1 is 1.23 bits per heavy atom. The molecule has 2 heterocycles. The first kappa shape index (κ1) is 16.3. The minimum absolute atomic E-state index is 0.449. The molecule has 3 atom stereocenters. The van der Waals surface area contributed by atoms with Gasteiger partial charge in [-0.2, -0.15) is 0 Å². The van der Waals surface area contributed by atoms with Gasteiger partial charge in [0.2, 0.25) is 0 Å². The fourth-order valence-electron chi connectivity index (χ4n) is 3.24. The van der Waals surface area contributed by atoms with E-state index in [0.717, 1.165) is 23.9 Å². The number of allylic oxidation sites excluding steroid dienone is 4. The maximum Gasteiger partial charge on any atom is 0.114 e. The standard InChI is InChI=1S/C11H15NO.C6H4Cl2S/c1-2-4-10-8(3-1)9-5-6-12-7-11(9)13-10;7-5-2-1-4(9)3-6(5)8/h1-2,4,8-9,11-12H,3,5-7H2;1-3,9H. The Balaban J connectivity index is 0.000000142. The van der Waals surface area contributed by atoms with Gasteiger partial charge in [0, 0.05) is 23.3 Å². The zero-order chi connectivity index (χ0) is 15.5. The van der Waals surface area contributed by atoms with E-state index in [1.165, 1.54) is 18.6 Å². The lowest BCUT2D eigenvalue weighted by molar-refractivity contribution is 0.108. The van der Waals surface area contributed by atoms with Crippen LogP contribution in [0.15, 0.2) is 47.1 Å². The molecule has 4 rings (SSSR count). The van der Waals surface area contributed by atoms with Gasteiger partial charge in [-0.25, -0.2) is 0 Å². The molecule has 0 saturated carbocycles. The minimum Gasteiger partial charge on any atom is -0.493 e. The first-order chi connectivity index (χ1) is 10.6. The molecule has 22 heavy (non-hydrogen) atoms. The average molecular weight is 356 g/mol. The lowest BCUT2D eigenvalue weighted by Gasteiger charge is -2.26. The predicted molar refractivity (Wildman–Crippen MR) is 94.9 cm³/mol. The van der Waals surface area contributed by atoms with Gasteiger partial charge >= 0.3 is 0 Å². The van der Waals surface area contributed by atoms with Crippen molar-refractivity contribution in [2.75, 3.05) is 13.1 Å². The summed E-state index contributed by atoms with van der Waals surface area (Å²) in [6, 6.07) is 5.20. The number of hydrogen-bond acceptors (Lipinski definition) is 3. The van der Waals surface area contributed by atoms with Crippen molar-refractivity contribution in [3.8, 4) is 0 Å². The molecule has 2 aliphatic heterocycles. The topological polar surface area (TPSA) is 21.3 Å². The smallest absolute Gasteiger partial charge is 0.114 e. The van der Waals surface area contributed by atoms with Crippen molar-refractivity contribution in [3.63, 3.8) is 0 Å². The van der Waals surface area contributed by atoms with Gasteiger partial charge in [-0.05, 0) is 43.7 Å². The molecule has 0 aromatic heterocycles. The van der Waals surface area contributed by atoms with Crippen molar-refractivity contribution in [3.05, 3.63) is 52.2 Å².